The van der Waals surface area contributed by atoms with Crippen LogP contribution in [0.15, 0.2) is 40.1 Å². The summed E-state index contributed by atoms with van der Waals surface area (Å²) in [6.45, 7) is -0.345. The number of tetrazole rings is 1. The lowest BCUT2D eigenvalue weighted by Crippen LogP contribution is -2.30. The number of fused-ring (bicyclic) bond motifs is 1. The zero-order chi connectivity index (χ0) is 24.0. The van der Waals surface area contributed by atoms with Crippen LogP contribution in [0.25, 0.3) is 33.5 Å². The van der Waals surface area contributed by atoms with Gasteiger partial charge in [0.15, 0.2) is 15.8 Å². The molecule has 0 saturated heterocycles. The van der Waals surface area contributed by atoms with Gasteiger partial charge >= 0.3 is 0 Å². The molecule has 0 amide bonds. The number of aliphatic hydroxyl groups is 1. The van der Waals surface area contributed by atoms with Gasteiger partial charge in [0.05, 0.1) is 33.3 Å². The smallest absolute Gasteiger partial charge is 0.240 e. The van der Waals surface area contributed by atoms with Gasteiger partial charge in [-0.3, -0.25) is 0 Å². The molecule has 0 aliphatic carbocycles. The Morgan fingerprint density at radius 3 is 2.48 bits per heavy atom. The number of nitrogen functional groups attached to an aromatic ring is 1. The van der Waals surface area contributed by atoms with Crippen molar-refractivity contribution in [2.24, 2.45) is 10.9 Å². The van der Waals surface area contributed by atoms with E-state index in [1.54, 1.807) is 18.2 Å². The van der Waals surface area contributed by atoms with Crippen molar-refractivity contribution >= 4 is 36.8 Å². The van der Waals surface area contributed by atoms with E-state index in [9.17, 15) is 21.9 Å². The number of imidazole rings is 1. The Kier molecular flexibility index (Phi) is 5.62. The van der Waals surface area contributed by atoms with E-state index >= 15 is 0 Å². The standard InChI is InChI=1S/C17H19N9O5S2/c18-6-8(27)7-32(28,29)12-5-4-9(10-2-1-3-11-14(10)22-17(19)21-11)13(15(12)33(20,30)31)16-23-25-26-24-16/h1-5,8,27H,6-7,18H2,(H3,19,21,22)(H2,20,30,31)(H,23,24,25,26)/t8-/m1/s1. The number of rotatable bonds is 7. The fourth-order valence-corrected chi connectivity index (χ4v) is 6.53. The first-order chi connectivity index (χ1) is 15.5. The molecule has 2 aromatic heterocycles. The molecular formula is C17H19N9O5S2. The number of aromatic amines is 2. The van der Waals surface area contributed by atoms with Crippen molar-refractivity contribution in [1.82, 2.24) is 30.6 Å². The number of sulfone groups is 1. The van der Waals surface area contributed by atoms with Crippen LogP contribution in [0.4, 0.5) is 5.95 Å². The van der Waals surface area contributed by atoms with Gasteiger partial charge in [-0.25, -0.2) is 27.0 Å². The van der Waals surface area contributed by atoms with Gasteiger partial charge < -0.3 is 21.6 Å². The Balaban J connectivity index is 2.13. The average molecular weight is 494 g/mol. The second-order valence-corrected chi connectivity index (χ2v) is 10.6. The summed E-state index contributed by atoms with van der Waals surface area (Å²) < 4.78 is 51.5. The molecule has 2 aromatic carbocycles. The normalized spacial score (nSPS) is 13.4. The minimum Gasteiger partial charge on any atom is -0.391 e. The molecule has 1 atom stereocenters. The molecule has 2 heterocycles. The Hall–Kier alpha value is -3.44. The SMILES string of the molecule is NC[C@@H](O)CS(=O)(=O)c1ccc(-c2cccc3[nH]c(N)nc23)c(-c2nn[nH]n2)c1S(N)(=O)=O. The monoisotopic (exact) mass is 493 g/mol. The van der Waals surface area contributed by atoms with Crippen LogP contribution in [-0.4, -0.2) is 70.9 Å². The summed E-state index contributed by atoms with van der Waals surface area (Å²) in [6.07, 6.45) is -1.42. The molecule has 0 aliphatic heterocycles. The lowest BCUT2D eigenvalue weighted by atomic mass is 9.98. The fraction of sp³-hybridized carbons (Fsp3) is 0.176. The Morgan fingerprint density at radius 2 is 1.85 bits per heavy atom. The molecule has 16 heteroatoms. The lowest BCUT2D eigenvalue weighted by molar-refractivity contribution is 0.205. The molecule has 0 saturated carbocycles. The summed E-state index contributed by atoms with van der Waals surface area (Å²) in [4.78, 5) is 5.73. The molecular weight excluding hydrogens is 474 g/mol. The summed E-state index contributed by atoms with van der Waals surface area (Å²) >= 11 is 0. The number of aliphatic hydroxyl groups excluding tert-OH is 1. The van der Waals surface area contributed by atoms with Gasteiger partial charge in [0.2, 0.25) is 15.8 Å². The first-order valence-corrected chi connectivity index (χ1v) is 12.5. The Labute approximate surface area is 187 Å². The minimum atomic E-state index is -4.66. The predicted octanol–water partition coefficient (Wildman–Crippen LogP) is -1.27. The Morgan fingerprint density at radius 1 is 1.09 bits per heavy atom. The molecule has 174 valence electrons. The number of sulfonamides is 1. The lowest BCUT2D eigenvalue weighted by Gasteiger charge is -2.17. The maximum Gasteiger partial charge on any atom is 0.240 e. The van der Waals surface area contributed by atoms with Crippen LogP contribution >= 0.6 is 0 Å². The second kappa shape index (κ2) is 8.16. The van der Waals surface area contributed by atoms with Crippen molar-refractivity contribution < 1.29 is 21.9 Å². The zero-order valence-corrected chi connectivity index (χ0v) is 18.4. The first kappa shape index (κ1) is 22.7. The van der Waals surface area contributed by atoms with Crippen LogP contribution < -0.4 is 16.6 Å². The number of nitrogens with two attached hydrogens (primary N) is 3. The Bertz CT molecular complexity index is 1550. The van der Waals surface area contributed by atoms with Crippen LogP contribution in [0.2, 0.25) is 0 Å². The van der Waals surface area contributed by atoms with Crippen molar-refractivity contribution in [2.45, 2.75) is 15.9 Å². The zero-order valence-electron chi connectivity index (χ0n) is 16.8. The highest BCUT2D eigenvalue weighted by molar-refractivity contribution is 7.93. The van der Waals surface area contributed by atoms with Gasteiger partial charge in [-0.15, -0.1) is 10.2 Å². The number of nitrogens with one attached hydrogen (secondary N) is 2. The molecule has 0 radical (unpaired) electrons. The highest BCUT2D eigenvalue weighted by atomic mass is 32.2. The highest BCUT2D eigenvalue weighted by Crippen LogP contribution is 2.41. The van der Waals surface area contributed by atoms with Gasteiger partial charge in [-0.2, -0.15) is 5.21 Å². The summed E-state index contributed by atoms with van der Waals surface area (Å²) in [6, 6.07) is 7.49. The van der Waals surface area contributed by atoms with Gasteiger partial charge in [0.25, 0.3) is 0 Å². The van der Waals surface area contributed by atoms with Crippen molar-refractivity contribution in [3.63, 3.8) is 0 Å². The molecule has 0 fully saturated rings. The molecule has 0 unspecified atom stereocenters. The summed E-state index contributed by atoms with van der Waals surface area (Å²) in [5, 5.41) is 28.7. The third kappa shape index (κ3) is 4.16. The van der Waals surface area contributed by atoms with Crippen LogP contribution in [-0.2, 0) is 19.9 Å². The number of hydrogen-bond donors (Lipinski definition) is 6. The predicted molar refractivity (Wildman–Crippen MR) is 118 cm³/mol. The van der Waals surface area contributed by atoms with Crippen molar-refractivity contribution in [1.29, 1.82) is 0 Å². The van der Waals surface area contributed by atoms with Gasteiger partial charge in [-0.1, -0.05) is 18.2 Å². The number of H-pyrrole nitrogens is 2. The highest BCUT2D eigenvalue weighted by Gasteiger charge is 2.33. The van der Waals surface area contributed by atoms with E-state index in [2.05, 4.69) is 30.6 Å². The van der Waals surface area contributed by atoms with E-state index < -0.39 is 41.5 Å². The van der Waals surface area contributed by atoms with E-state index in [4.69, 9.17) is 16.6 Å². The van der Waals surface area contributed by atoms with E-state index in [-0.39, 0.29) is 29.4 Å². The third-order valence-corrected chi connectivity index (χ3v) is 7.77. The van der Waals surface area contributed by atoms with E-state index in [1.807, 2.05) is 0 Å². The molecule has 4 aromatic rings. The number of aromatic nitrogens is 6. The summed E-state index contributed by atoms with van der Waals surface area (Å²) in [5.74, 6) is -0.908. The molecule has 0 aliphatic rings. The quantitative estimate of drug-likeness (QED) is 0.177. The number of benzene rings is 2. The van der Waals surface area contributed by atoms with Crippen molar-refractivity contribution in [3.8, 4) is 22.5 Å². The van der Waals surface area contributed by atoms with Gasteiger partial charge in [0, 0.05) is 12.1 Å². The summed E-state index contributed by atoms with van der Waals surface area (Å²) in [7, 11) is -9.01. The van der Waals surface area contributed by atoms with Crippen molar-refractivity contribution in [3.05, 3.63) is 30.3 Å². The largest absolute Gasteiger partial charge is 0.391 e. The maximum absolute atomic E-state index is 13.0. The molecule has 0 spiro atoms. The van der Waals surface area contributed by atoms with Crippen LogP contribution in [0, 0.1) is 0 Å². The average Bonchev–Trinajstić information content (AvgIpc) is 3.40. The van der Waals surface area contributed by atoms with E-state index in [0.717, 1.165) is 6.07 Å². The molecule has 9 N–H and O–H groups in total. The second-order valence-electron chi connectivity index (χ2n) is 7.09. The van der Waals surface area contributed by atoms with Crippen LogP contribution in [0.3, 0.4) is 0 Å². The topological polar surface area (TPSA) is 250 Å². The maximum atomic E-state index is 13.0. The number of hydrogen-bond acceptors (Lipinski definition) is 11. The van der Waals surface area contributed by atoms with Gasteiger partial charge in [0.1, 0.15) is 4.90 Å². The third-order valence-electron chi connectivity index (χ3n) is 4.82. The number of nitrogens with zero attached hydrogens (tertiary/aromatic N) is 4. The fourth-order valence-electron chi connectivity index (χ4n) is 3.48. The number of primary sulfonamides is 1. The minimum absolute atomic E-state index is 0.125. The number of para-hydroxylation sites is 1. The molecule has 33 heavy (non-hydrogen) atoms. The molecule has 0 bridgehead atoms. The first-order valence-electron chi connectivity index (χ1n) is 9.32. The number of anilines is 1. The summed E-state index contributed by atoms with van der Waals surface area (Å²) in [5.41, 5.74) is 12.5. The molecule has 14 nitrogen and oxygen atoms in total. The molecule has 4 rings (SSSR count). The van der Waals surface area contributed by atoms with Crippen LogP contribution in [0.1, 0.15) is 0 Å². The van der Waals surface area contributed by atoms with E-state index in [0.29, 0.717) is 16.6 Å². The van der Waals surface area contributed by atoms with Gasteiger partial charge in [-0.05, 0) is 22.9 Å². The van der Waals surface area contributed by atoms with Crippen molar-refractivity contribution in [2.75, 3.05) is 18.0 Å². The van der Waals surface area contributed by atoms with Crippen LogP contribution in [0.5, 0.6) is 0 Å². The van der Waals surface area contributed by atoms with E-state index in [1.165, 1.54) is 6.07 Å².